The Balaban J connectivity index is 1.38. The highest BCUT2D eigenvalue weighted by Gasteiger charge is 2.08. The van der Waals surface area contributed by atoms with Gasteiger partial charge in [-0.05, 0) is 84.9 Å². The van der Waals surface area contributed by atoms with Gasteiger partial charge in [0, 0.05) is 37.5 Å². The molecule has 4 aromatic rings. The standard InChI is InChI=1S/C26H18Br2N2O3/c27-19-8-4-17(5-9-19)25(31)29-21-12-14-23(15-13-21)33-24-3-1-2-22(16-24)30-26(32)18-6-10-20(28)11-7-18/h1-16H,(H,29,31)(H,30,32). The van der Waals surface area contributed by atoms with E-state index in [4.69, 9.17) is 4.74 Å². The molecule has 0 radical (unpaired) electrons. The van der Waals surface area contributed by atoms with Crippen LogP contribution in [0.2, 0.25) is 0 Å². The van der Waals surface area contributed by atoms with Gasteiger partial charge in [-0.25, -0.2) is 0 Å². The second-order valence-electron chi connectivity index (χ2n) is 7.08. The first kappa shape index (κ1) is 22.8. The van der Waals surface area contributed by atoms with Gasteiger partial charge >= 0.3 is 0 Å². The average Bonchev–Trinajstić information content (AvgIpc) is 2.81. The Hall–Kier alpha value is -3.42. The minimum atomic E-state index is -0.203. The van der Waals surface area contributed by atoms with Crippen LogP contribution >= 0.6 is 31.9 Å². The average molecular weight is 566 g/mol. The number of hydrogen-bond donors (Lipinski definition) is 2. The van der Waals surface area contributed by atoms with Crippen LogP contribution in [0.3, 0.4) is 0 Å². The Morgan fingerprint density at radius 2 is 1.09 bits per heavy atom. The molecule has 5 nitrogen and oxygen atoms in total. The summed E-state index contributed by atoms with van der Waals surface area (Å²) in [5.41, 5.74) is 2.41. The topological polar surface area (TPSA) is 67.4 Å². The summed E-state index contributed by atoms with van der Waals surface area (Å²) in [6.45, 7) is 0. The number of amides is 2. The van der Waals surface area contributed by atoms with Crippen molar-refractivity contribution in [3.8, 4) is 11.5 Å². The molecule has 0 heterocycles. The second kappa shape index (κ2) is 10.5. The van der Waals surface area contributed by atoms with Crippen LogP contribution in [0.4, 0.5) is 11.4 Å². The van der Waals surface area contributed by atoms with Gasteiger partial charge in [0.05, 0.1) is 0 Å². The van der Waals surface area contributed by atoms with Crippen LogP contribution in [0.25, 0.3) is 0 Å². The van der Waals surface area contributed by atoms with Gasteiger partial charge in [-0.2, -0.15) is 0 Å². The summed E-state index contributed by atoms with van der Waals surface area (Å²) in [5, 5.41) is 5.73. The Bertz CT molecular complexity index is 1270. The van der Waals surface area contributed by atoms with Gasteiger partial charge in [-0.3, -0.25) is 9.59 Å². The highest BCUT2D eigenvalue weighted by atomic mass is 79.9. The fourth-order valence-electron chi connectivity index (χ4n) is 2.99. The number of hydrogen-bond acceptors (Lipinski definition) is 3. The molecular weight excluding hydrogens is 548 g/mol. The molecule has 0 atom stereocenters. The fourth-order valence-corrected chi connectivity index (χ4v) is 3.52. The van der Waals surface area contributed by atoms with E-state index in [0.29, 0.717) is 34.0 Å². The number of rotatable bonds is 6. The highest BCUT2D eigenvalue weighted by molar-refractivity contribution is 9.10. The molecule has 33 heavy (non-hydrogen) atoms. The maximum Gasteiger partial charge on any atom is 0.255 e. The molecule has 0 bridgehead atoms. The number of carbonyl (C=O) groups is 2. The second-order valence-corrected chi connectivity index (χ2v) is 8.91. The largest absolute Gasteiger partial charge is 0.457 e. The number of halogens is 2. The third-order valence-corrected chi connectivity index (χ3v) is 5.71. The zero-order chi connectivity index (χ0) is 23.2. The first-order valence-electron chi connectivity index (χ1n) is 9.98. The van der Waals surface area contributed by atoms with Crippen molar-refractivity contribution in [2.45, 2.75) is 0 Å². The van der Waals surface area contributed by atoms with E-state index < -0.39 is 0 Å². The van der Waals surface area contributed by atoms with E-state index in [2.05, 4.69) is 42.5 Å². The molecule has 0 fully saturated rings. The summed E-state index contributed by atoms with van der Waals surface area (Å²) >= 11 is 6.72. The van der Waals surface area contributed by atoms with E-state index in [1.54, 1.807) is 72.8 Å². The molecule has 2 amide bonds. The Labute approximate surface area is 208 Å². The summed E-state index contributed by atoms with van der Waals surface area (Å²) in [6.07, 6.45) is 0. The molecule has 0 aliphatic rings. The molecule has 0 aliphatic heterocycles. The van der Waals surface area contributed by atoms with Crippen LogP contribution in [0, 0.1) is 0 Å². The maximum atomic E-state index is 12.4. The first-order chi connectivity index (χ1) is 16.0. The van der Waals surface area contributed by atoms with Gasteiger partial charge in [0.25, 0.3) is 11.8 Å². The lowest BCUT2D eigenvalue weighted by Crippen LogP contribution is -2.11. The van der Waals surface area contributed by atoms with Crippen molar-refractivity contribution in [2.75, 3.05) is 10.6 Å². The third kappa shape index (κ3) is 6.31. The van der Waals surface area contributed by atoms with Crippen molar-refractivity contribution in [3.63, 3.8) is 0 Å². The van der Waals surface area contributed by atoms with Crippen LogP contribution in [0.5, 0.6) is 11.5 Å². The first-order valence-corrected chi connectivity index (χ1v) is 11.6. The lowest BCUT2D eigenvalue weighted by molar-refractivity contribution is 0.101. The van der Waals surface area contributed by atoms with Crippen LogP contribution in [-0.4, -0.2) is 11.8 Å². The minimum absolute atomic E-state index is 0.189. The number of ether oxygens (including phenoxy) is 1. The molecule has 0 saturated carbocycles. The minimum Gasteiger partial charge on any atom is -0.457 e. The van der Waals surface area contributed by atoms with E-state index in [1.807, 2.05) is 24.3 Å². The predicted octanol–water partition coefficient (Wildman–Crippen LogP) is 7.51. The number of nitrogens with one attached hydrogen (secondary N) is 2. The van der Waals surface area contributed by atoms with Crippen molar-refractivity contribution in [2.24, 2.45) is 0 Å². The summed E-state index contributed by atoms with van der Waals surface area (Å²) in [6, 6.07) is 28.5. The Morgan fingerprint density at radius 1 is 0.576 bits per heavy atom. The van der Waals surface area contributed by atoms with Gasteiger partial charge in [0.1, 0.15) is 11.5 Å². The SMILES string of the molecule is O=C(Nc1ccc(Oc2cccc(NC(=O)c3ccc(Br)cc3)c2)cc1)c1ccc(Br)cc1. The monoisotopic (exact) mass is 564 g/mol. The number of benzene rings is 4. The molecule has 0 spiro atoms. The highest BCUT2D eigenvalue weighted by Crippen LogP contribution is 2.26. The fraction of sp³-hybridized carbons (Fsp3) is 0. The molecule has 2 N–H and O–H groups in total. The van der Waals surface area contributed by atoms with Crippen LogP contribution in [0.15, 0.2) is 106 Å². The van der Waals surface area contributed by atoms with Crippen molar-refractivity contribution in [1.29, 1.82) is 0 Å². The molecule has 0 saturated heterocycles. The number of carbonyl (C=O) groups excluding carboxylic acids is 2. The zero-order valence-electron chi connectivity index (χ0n) is 17.2. The normalized spacial score (nSPS) is 10.4. The molecular formula is C26H18Br2N2O3. The quantitative estimate of drug-likeness (QED) is 0.254. The van der Waals surface area contributed by atoms with Gasteiger partial charge in [-0.1, -0.05) is 37.9 Å². The molecule has 4 aromatic carbocycles. The lowest BCUT2D eigenvalue weighted by atomic mass is 10.2. The number of anilines is 2. The van der Waals surface area contributed by atoms with Crippen LogP contribution in [0.1, 0.15) is 20.7 Å². The molecule has 0 aliphatic carbocycles. The van der Waals surface area contributed by atoms with Gasteiger partial charge in [-0.15, -0.1) is 0 Å². The molecule has 7 heteroatoms. The summed E-state index contributed by atoms with van der Waals surface area (Å²) in [5.74, 6) is 0.791. The van der Waals surface area contributed by atoms with Crippen LogP contribution < -0.4 is 15.4 Å². The Morgan fingerprint density at radius 3 is 1.64 bits per heavy atom. The smallest absolute Gasteiger partial charge is 0.255 e. The summed E-state index contributed by atoms with van der Waals surface area (Å²) in [7, 11) is 0. The van der Waals surface area contributed by atoms with Crippen molar-refractivity contribution >= 4 is 55.0 Å². The van der Waals surface area contributed by atoms with Gasteiger partial charge in [0.15, 0.2) is 0 Å². The molecule has 0 aromatic heterocycles. The van der Waals surface area contributed by atoms with E-state index in [1.165, 1.54) is 0 Å². The van der Waals surface area contributed by atoms with E-state index in [9.17, 15) is 9.59 Å². The molecule has 0 unspecified atom stereocenters. The van der Waals surface area contributed by atoms with Gasteiger partial charge in [0.2, 0.25) is 0 Å². The molecule has 4 rings (SSSR count). The Kier molecular flexibility index (Phi) is 7.22. The molecule has 164 valence electrons. The van der Waals surface area contributed by atoms with E-state index in [-0.39, 0.29) is 11.8 Å². The van der Waals surface area contributed by atoms with Crippen LogP contribution in [-0.2, 0) is 0 Å². The van der Waals surface area contributed by atoms with Crippen molar-refractivity contribution in [3.05, 3.63) is 117 Å². The zero-order valence-corrected chi connectivity index (χ0v) is 20.4. The van der Waals surface area contributed by atoms with E-state index in [0.717, 1.165) is 8.95 Å². The summed E-state index contributed by atoms with van der Waals surface area (Å²) < 4.78 is 7.73. The lowest BCUT2D eigenvalue weighted by Gasteiger charge is -2.10. The van der Waals surface area contributed by atoms with Crippen molar-refractivity contribution < 1.29 is 14.3 Å². The van der Waals surface area contributed by atoms with Gasteiger partial charge < -0.3 is 15.4 Å². The summed E-state index contributed by atoms with van der Waals surface area (Å²) in [4.78, 5) is 24.8. The third-order valence-electron chi connectivity index (χ3n) is 4.65. The predicted molar refractivity (Wildman–Crippen MR) is 137 cm³/mol. The maximum absolute atomic E-state index is 12.4. The van der Waals surface area contributed by atoms with E-state index >= 15 is 0 Å². The van der Waals surface area contributed by atoms with Crippen molar-refractivity contribution in [1.82, 2.24) is 0 Å².